The number of carbonyl (C=O) groups is 3. The van der Waals surface area contributed by atoms with Gasteiger partial charge in [0.05, 0.1) is 12.3 Å². The van der Waals surface area contributed by atoms with E-state index in [4.69, 9.17) is 9.47 Å². The van der Waals surface area contributed by atoms with Gasteiger partial charge >= 0.3 is 11.8 Å². The van der Waals surface area contributed by atoms with Gasteiger partial charge in [-0.3, -0.25) is 14.4 Å². The molecule has 0 aromatic heterocycles. The molecule has 0 saturated heterocycles. The zero-order valence-corrected chi connectivity index (χ0v) is 19.1. The quantitative estimate of drug-likeness (QED) is 0.209. The summed E-state index contributed by atoms with van der Waals surface area (Å²) in [7, 11) is 0. The van der Waals surface area contributed by atoms with E-state index in [0.29, 0.717) is 36.6 Å². The Morgan fingerprint density at radius 3 is 2.55 bits per heavy atom. The lowest BCUT2D eigenvalue weighted by molar-refractivity contribution is -0.139. The minimum Gasteiger partial charge on any atom is -0.484 e. The molecule has 3 N–H and O–H groups in total. The number of hydrogen-bond donors (Lipinski definition) is 3. The first-order valence-corrected chi connectivity index (χ1v) is 10.7. The van der Waals surface area contributed by atoms with Gasteiger partial charge in [-0.25, -0.2) is 5.43 Å². The maximum absolute atomic E-state index is 12.1. The molecule has 0 bridgehead atoms. The van der Waals surface area contributed by atoms with E-state index in [0.717, 1.165) is 5.56 Å². The van der Waals surface area contributed by atoms with Crippen LogP contribution in [0.5, 0.6) is 5.75 Å². The topological polar surface area (TPSA) is 118 Å². The lowest BCUT2D eigenvalue weighted by atomic mass is 10.2. The second-order valence-corrected chi connectivity index (χ2v) is 7.50. The van der Waals surface area contributed by atoms with E-state index in [1.54, 1.807) is 24.3 Å². The average Bonchev–Trinajstić information content (AvgIpc) is 2.79. The first-order valence-electron chi connectivity index (χ1n) is 10.7. The summed E-state index contributed by atoms with van der Waals surface area (Å²) in [5.74, 6) is -1.46. The molecule has 176 valence electrons. The van der Waals surface area contributed by atoms with Crippen LogP contribution < -0.4 is 20.8 Å². The first kappa shape index (κ1) is 25.5. The van der Waals surface area contributed by atoms with E-state index in [9.17, 15) is 14.4 Å². The molecule has 9 heteroatoms. The molecule has 0 fully saturated rings. The Morgan fingerprint density at radius 2 is 1.82 bits per heavy atom. The second-order valence-electron chi connectivity index (χ2n) is 7.50. The molecule has 9 nitrogen and oxygen atoms in total. The number of ether oxygens (including phenoxy) is 2. The van der Waals surface area contributed by atoms with Gasteiger partial charge in [0, 0.05) is 18.8 Å². The fourth-order valence-corrected chi connectivity index (χ4v) is 2.56. The van der Waals surface area contributed by atoms with E-state index in [2.05, 4.69) is 21.2 Å². The molecule has 0 atom stereocenters. The van der Waals surface area contributed by atoms with Crippen molar-refractivity contribution >= 4 is 29.6 Å². The summed E-state index contributed by atoms with van der Waals surface area (Å²) in [6.07, 6.45) is 2.11. The van der Waals surface area contributed by atoms with Gasteiger partial charge in [0.1, 0.15) is 5.75 Å². The fraction of sp³-hybridized carbons (Fsp3) is 0.333. The highest BCUT2D eigenvalue weighted by molar-refractivity contribution is 6.35. The molecular formula is C24H30N4O5. The zero-order valence-electron chi connectivity index (χ0n) is 19.1. The van der Waals surface area contributed by atoms with Crippen LogP contribution >= 0.6 is 0 Å². The molecule has 2 rings (SSSR count). The van der Waals surface area contributed by atoms with Crippen molar-refractivity contribution in [1.29, 1.82) is 0 Å². The lowest BCUT2D eigenvalue weighted by Gasteiger charge is -2.08. The molecule has 2 aromatic rings. The van der Waals surface area contributed by atoms with Gasteiger partial charge in [-0.1, -0.05) is 29.8 Å². The summed E-state index contributed by atoms with van der Waals surface area (Å²) >= 11 is 0. The monoisotopic (exact) mass is 454 g/mol. The van der Waals surface area contributed by atoms with Crippen molar-refractivity contribution in [3.05, 3.63) is 59.7 Å². The van der Waals surface area contributed by atoms with Crippen molar-refractivity contribution in [3.8, 4) is 5.75 Å². The van der Waals surface area contributed by atoms with Crippen LogP contribution in [0.2, 0.25) is 0 Å². The first-order chi connectivity index (χ1) is 15.8. The molecule has 0 saturated carbocycles. The van der Waals surface area contributed by atoms with Gasteiger partial charge in [-0.15, -0.1) is 0 Å². The molecule has 0 heterocycles. The number of hydrazone groups is 1. The summed E-state index contributed by atoms with van der Waals surface area (Å²) in [6.45, 7) is 6.50. The van der Waals surface area contributed by atoms with Crippen LogP contribution in [0.3, 0.4) is 0 Å². The number of carbonyl (C=O) groups excluding carboxylic acids is 3. The van der Waals surface area contributed by atoms with Crippen LogP contribution in [-0.2, 0) is 19.1 Å². The molecule has 3 amide bonds. The summed E-state index contributed by atoms with van der Waals surface area (Å²) < 4.78 is 10.9. The van der Waals surface area contributed by atoms with E-state index in [1.807, 2.05) is 45.0 Å². The van der Waals surface area contributed by atoms with Crippen molar-refractivity contribution in [3.63, 3.8) is 0 Å². The van der Waals surface area contributed by atoms with Crippen LogP contribution in [0, 0.1) is 6.92 Å². The van der Waals surface area contributed by atoms with Crippen molar-refractivity contribution < 1.29 is 23.9 Å². The van der Waals surface area contributed by atoms with E-state index >= 15 is 0 Å². The maximum Gasteiger partial charge on any atom is 0.329 e. The average molecular weight is 455 g/mol. The predicted molar refractivity (Wildman–Crippen MR) is 126 cm³/mol. The van der Waals surface area contributed by atoms with Crippen LogP contribution in [-0.4, -0.2) is 49.8 Å². The number of hydrogen-bond acceptors (Lipinski definition) is 6. The Kier molecular flexibility index (Phi) is 10.6. The molecule has 2 aromatic carbocycles. The highest BCUT2D eigenvalue weighted by Crippen LogP contribution is 2.13. The Bertz CT molecular complexity index is 958. The molecule has 0 aliphatic heterocycles. The van der Waals surface area contributed by atoms with Gasteiger partial charge in [0.15, 0.2) is 6.61 Å². The molecule has 0 spiro atoms. The zero-order chi connectivity index (χ0) is 24.1. The third-order valence-electron chi connectivity index (χ3n) is 4.21. The normalized spacial score (nSPS) is 10.8. The van der Waals surface area contributed by atoms with E-state index in [1.165, 1.54) is 6.21 Å². The van der Waals surface area contributed by atoms with Crippen molar-refractivity contribution in [2.75, 3.05) is 25.1 Å². The Balaban J connectivity index is 1.73. The third kappa shape index (κ3) is 10.4. The van der Waals surface area contributed by atoms with Crippen LogP contribution in [0.25, 0.3) is 0 Å². The number of amides is 3. The fourth-order valence-electron chi connectivity index (χ4n) is 2.56. The van der Waals surface area contributed by atoms with Crippen molar-refractivity contribution in [2.45, 2.75) is 33.3 Å². The SMILES string of the molecule is Cc1ccc(NC(=O)COc2cccc(/C=N\NC(=O)C(=O)NCCCOC(C)C)c2)cc1. The van der Waals surface area contributed by atoms with Crippen LogP contribution in [0.1, 0.15) is 31.4 Å². The van der Waals surface area contributed by atoms with Crippen molar-refractivity contribution in [2.24, 2.45) is 5.10 Å². The van der Waals surface area contributed by atoms with Gasteiger partial charge in [0.25, 0.3) is 5.91 Å². The van der Waals surface area contributed by atoms with E-state index < -0.39 is 11.8 Å². The minimum atomic E-state index is -0.865. The number of aryl methyl sites for hydroxylation is 1. The van der Waals surface area contributed by atoms with Gasteiger partial charge in [0.2, 0.25) is 0 Å². The summed E-state index contributed by atoms with van der Waals surface area (Å²) in [5, 5.41) is 9.04. The Labute approximate surface area is 193 Å². The smallest absolute Gasteiger partial charge is 0.329 e. The third-order valence-corrected chi connectivity index (χ3v) is 4.21. The number of benzene rings is 2. The molecule has 0 unspecified atom stereocenters. The maximum atomic E-state index is 12.1. The van der Waals surface area contributed by atoms with Gasteiger partial charge < -0.3 is 20.1 Å². The highest BCUT2D eigenvalue weighted by Gasteiger charge is 2.11. The highest BCUT2D eigenvalue weighted by atomic mass is 16.5. The van der Waals surface area contributed by atoms with Crippen LogP contribution in [0.4, 0.5) is 5.69 Å². The second kappa shape index (κ2) is 13.6. The Morgan fingerprint density at radius 1 is 1.06 bits per heavy atom. The summed E-state index contributed by atoms with van der Waals surface area (Å²) in [5.41, 5.74) is 4.59. The number of rotatable bonds is 11. The minimum absolute atomic E-state index is 0.123. The molecule has 0 radical (unpaired) electrons. The van der Waals surface area contributed by atoms with Crippen molar-refractivity contribution in [1.82, 2.24) is 10.7 Å². The summed E-state index contributed by atoms with van der Waals surface area (Å²) in [6, 6.07) is 14.3. The number of nitrogens with one attached hydrogen (secondary N) is 3. The Hall–Kier alpha value is -3.72. The molecule has 33 heavy (non-hydrogen) atoms. The largest absolute Gasteiger partial charge is 0.484 e. The number of anilines is 1. The summed E-state index contributed by atoms with van der Waals surface area (Å²) in [4.78, 5) is 35.6. The molecule has 0 aliphatic carbocycles. The van der Waals surface area contributed by atoms with Gasteiger partial charge in [-0.2, -0.15) is 5.10 Å². The van der Waals surface area contributed by atoms with Gasteiger partial charge in [-0.05, 0) is 57.0 Å². The standard InChI is InChI=1S/C24H30N4O5/c1-17(2)32-13-5-12-25-23(30)24(31)28-26-15-19-6-4-7-21(14-19)33-16-22(29)27-20-10-8-18(3)9-11-20/h4,6-11,14-15,17H,5,12-13,16H2,1-3H3,(H,25,30)(H,27,29)(H,28,31)/b26-15-. The van der Waals surface area contributed by atoms with Crippen LogP contribution in [0.15, 0.2) is 53.6 Å². The molecule has 0 aliphatic rings. The number of nitrogens with zero attached hydrogens (tertiary/aromatic N) is 1. The van der Waals surface area contributed by atoms with E-state index in [-0.39, 0.29) is 18.6 Å². The molecular weight excluding hydrogens is 424 g/mol. The lowest BCUT2D eigenvalue weighted by Crippen LogP contribution is -2.38. The predicted octanol–water partition coefficient (Wildman–Crippen LogP) is 2.39.